The van der Waals surface area contributed by atoms with Crippen molar-refractivity contribution in [3.05, 3.63) is 137 Å². The number of hydrogen-bond donors (Lipinski definition) is 4. The fourth-order valence-corrected chi connectivity index (χ4v) is 11.9. The Morgan fingerprint density at radius 2 is 1.24 bits per heavy atom. The summed E-state index contributed by atoms with van der Waals surface area (Å²) in [6, 6.07) is 28.0. The van der Waals surface area contributed by atoms with Gasteiger partial charge < -0.3 is 58.9 Å². The Labute approximate surface area is 502 Å². The number of fused-ring (bicyclic) bond motifs is 6. The zero-order chi connectivity index (χ0) is 60.3. The molecule has 10 fully saturated rings. The summed E-state index contributed by atoms with van der Waals surface area (Å²) in [5.41, 5.74) is 3.19. The number of aliphatic hydroxyl groups excluding tert-OH is 2. The molecule has 10 aliphatic rings. The molecule has 6 heterocycles. The first kappa shape index (κ1) is 60.3. The molecule has 10 unspecified atom stereocenters. The quantitative estimate of drug-likeness (QED) is 0.0330. The first-order chi connectivity index (χ1) is 41.5. The highest BCUT2D eigenvalue weighted by Gasteiger charge is 2.68. The van der Waals surface area contributed by atoms with E-state index in [1.807, 2.05) is 85.7 Å². The molecule has 5 aromatic rings. The highest BCUT2D eigenvalue weighted by atomic mass is 35.5. The van der Waals surface area contributed by atoms with E-state index in [0.717, 1.165) is 49.8 Å². The van der Waals surface area contributed by atoms with E-state index in [4.69, 9.17) is 55.0 Å². The maximum Gasteiger partial charge on any atom is 0.314 e. The Balaban J connectivity index is 0.000000126. The molecule has 86 heavy (non-hydrogen) atoms. The van der Waals surface area contributed by atoms with Gasteiger partial charge in [-0.25, -0.2) is 14.4 Å². The van der Waals surface area contributed by atoms with Crippen LogP contribution in [-0.4, -0.2) is 142 Å². The second kappa shape index (κ2) is 25.2. The topological polar surface area (TPSA) is 243 Å². The number of rotatable bonds is 16. The van der Waals surface area contributed by atoms with Gasteiger partial charge in [-0.05, 0) is 87.7 Å². The maximum absolute atomic E-state index is 13.6. The fourth-order valence-electron chi connectivity index (χ4n) is 11.7. The van der Waals surface area contributed by atoms with Crippen LogP contribution in [0.25, 0.3) is 10.9 Å². The van der Waals surface area contributed by atoms with Crippen molar-refractivity contribution in [3.63, 3.8) is 0 Å². The number of amides is 1. The van der Waals surface area contributed by atoms with Crippen molar-refractivity contribution >= 4 is 69.5 Å². The van der Waals surface area contributed by atoms with Gasteiger partial charge in [0.1, 0.15) is 18.0 Å². The molecule has 452 valence electrons. The average Bonchev–Trinajstić information content (AvgIpc) is 1.74. The van der Waals surface area contributed by atoms with Crippen molar-refractivity contribution in [1.82, 2.24) is 14.9 Å². The number of aliphatic hydroxyl groups is 2. The number of hydrogen-bond acceptors (Lipinski definition) is 18. The lowest BCUT2D eigenvalue weighted by Gasteiger charge is -2.12. The molecular weight excluding hydrogens is 1130 g/mol. The Morgan fingerprint density at radius 1 is 0.709 bits per heavy atom. The molecule has 5 aliphatic heterocycles. The van der Waals surface area contributed by atoms with Crippen molar-refractivity contribution in [2.24, 2.45) is 56.7 Å². The number of cyclic esters (lactones) is 4. The van der Waals surface area contributed by atoms with Crippen LogP contribution in [0.4, 0.5) is 21.6 Å². The lowest BCUT2D eigenvalue weighted by Crippen LogP contribution is -2.20. The summed E-state index contributed by atoms with van der Waals surface area (Å²) < 4.78 is 49.8. The van der Waals surface area contributed by atoms with Gasteiger partial charge in [0, 0.05) is 53.3 Å². The van der Waals surface area contributed by atoms with Gasteiger partial charge in [0.2, 0.25) is 5.91 Å². The van der Waals surface area contributed by atoms with Crippen molar-refractivity contribution in [2.45, 2.75) is 45.3 Å². The Hall–Kier alpha value is -7.35. The van der Waals surface area contributed by atoms with E-state index in [9.17, 15) is 28.4 Å². The van der Waals surface area contributed by atoms with Crippen LogP contribution in [0, 0.1) is 74.3 Å². The van der Waals surface area contributed by atoms with Crippen LogP contribution in [0.2, 0.25) is 5.02 Å². The second-order valence-electron chi connectivity index (χ2n) is 24.3. The number of esters is 4. The molecule has 1 amide bonds. The largest absolute Gasteiger partial charge is 0.465 e. The molecule has 0 bridgehead atoms. The predicted octanol–water partition coefficient (Wildman–Crippen LogP) is 7.23. The molecule has 0 radical (unpaired) electrons. The average molecular weight is 1200 g/mol. The molecule has 5 saturated carbocycles. The van der Waals surface area contributed by atoms with E-state index in [1.54, 1.807) is 18.2 Å². The van der Waals surface area contributed by atoms with Crippen LogP contribution in [0.5, 0.6) is 0 Å². The lowest BCUT2D eigenvalue weighted by molar-refractivity contribution is -0.147. The molecule has 19 nitrogen and oxygen atoms in total. The number of likely N-dealkylation sites (N-methyl/N-ethyl adjacent to an activating group) is 1. The third-order valence-electron chi connectivity index (χ3n) is 18.0. The molecule has 4 aromatic carbocycles. The SMILES string of the molecule is CN(C)C/C=C/C(=O)Nc1cc2c(Nc3ccc(F)c(Cl)c3)ncnc2cc1C#CC12COCC1C2.O=C1OCC2CC12CO.O=C1OCC2CC12CO.O=C1OCC2CC12COCc1ccccc1.O=C1OCC2CC12COCc1ccccc1. The summed E-state index contributed by atoms with van der Waals surface area (Å²) in [5, 5.41) is 24.3. The molecule has 10 atom stereocenters. The molecule has 4 N–H and O–H groups in total. The van der Waals surface area contributed by atoms with Gasteiger partial charge in [-0.15, -0.1) is 0 Å². The third-order valence-corrected chi connectivity index (χ3v) is 18.3. The van der Waals surface area contributed by atoms with E-state index in [1.165, 1.54) is 24.5 Å². The molecule has 1 aromatic heterocycles. The third kappa shape index (κ3) is 13.0. The fraction of sp³-hybridized carbons (Fsp3) is 0.462. The number of nitrogens with one attached hydrogen (secondary N) is 2. The number of ether oxygens (including phenoxy) is 7. The number of carbonyl (C=O) groups excluding carboxylic acids is 5. The van der Waals surface area contributed by atoms with Gasteiger partial charge in [-0.2, -0.15) is 0 Å². The van der Waals surface area contributed by atoms with Gasteiger partial charge in [0.25, 0.3) is 0 Å². The van der Waals surface area contributed by atoms with E-state index in [0.29, 0.717) is 129 Å². The molecule has 0 spiro atoms. The van der Waals surface area contributed by atoms with E-state index in [2.05, 4.69) is 32.4 Å². The summed E-state index contributed by atoms with van der Waals surface area (Å²) in [6.07, 6.45) is 9.34. The molecule has 5 aliphatic carbocycles. The summed E-state index contributed by atoms with van der Waals surface area (Å²) in [4.78, 5) is 67.9. The minimum Gasteiger partial charge on any atom is -0.465 e. The van der Waals surface area contributed by atoms with E-state index < -0.39 is 16.6 Å². The summed E-state index contributed by atoms with van der Waals surface area (Å²) in [5.74, 6) is 7.83. The molecule has 15 rings (SSSR count). The van der Waals surface area contributed by atoms with Crippen molar-refractivity contribution in [2.75, 3.05) is 97.3 Å². The van der Waals surface area contributed by atoms with Crippen LogP contribution < -0.4 is 10.6 Å². The van der Waals surface area contributed by atoms with Gasteiger partial charge >= 0.3 is 23.9 Å². The number of halogens is 2. The smallest absolute Gasteiger partial charge is 0.314 e. The predicted molar refractivity (Wildman–Crippen MR) is 311 cm³/mol. The van der Waals surface area contributed by atoms with Crippen LogP contribution in [0.1, 0.15) is 48.8 Å². The zero-order valence-electron chi connectivity index (χ0n) is 47.9. The van der Waals surface area contributed by atoms with Crippen LogP contribution in [0.15, 0.2) is 109 Å². The highest BCUT2D eigenvalue weighted by molar-refractivity contribution is 6.31. The minimum atomic E-state index is -0.504. The van der Waals surface area contributed by atoms with E-state index in [-0.39, 0.29) is 64.3 Å². The lowest BCUT2D eigenvalue weighted by atomic mass is 10.0. The molecule has 5 saturated heterocycles. The Morgan fingerprint density at radius 3 is 1.67 bits per heavy atom. The monoisotopic (exact) mass is 1200 g/mol. The standard InChI is InChI=1S/C27H25ClFN5O2.2C13H14O3.2C6H8O3/c1-34(2)9-3-4-25(35)33-23-12-20-24(10-17(23)7-8-27-13-18(27)14-36-15-27)30-16-31-26(20)32-19-5-6-22(29)21(28)11-19;2*14-12-13(6-11(13)8-16-12)9-15-7-10-4-2-1-3-5-10;2*7-3-6-1-4(6)2-9-5(6)8/h3-6,10-12,16,18H,9,13-15H2,1-2H3,(H,33,35)(H,30,31,32);2*1-5,11H,6-9H2;2*4,7H,1-3H2/b4-3+;;;;. The van der Waals surface area contributed by atoms with Gasteiger partial charge in [0.15, 0.2) is 0 Å². The molecular formula is C65H69ClFN5O14. The van der Waals surface area contributed by atoms with Crippen LogP contribution >= 0.6 is 11.6 Å². The first-order valence-electron chi connectivity index (χ1n) is 28.9. The summed E-state index contributed by atoms with van der Waals surface area (Å²) in [6.45, 7) is 6.37. The van der Waals surface area contributed by atoms with Crippen molar-refractivity contribution in [1.29, 1.82) is 0 Å². The Bertz CT molecular complexity index is 3350. The van der Waals surface area contributed by atoms with Gasteiger partial charge in [-0.3, -0.25) is 24.0 Å². The number of nitrogens with zero attached hydrogens (tertiary/aromatic N) is 3. The van der Waals surface area contributed by atoms with Crippen LogP contribution in [-0.2, 0) is 70.3 Å². The van der Waals surface area contributed by atoms with Gasteiger partial charge in [-0.1, -0.05) is 90.2 Å². The number of anilines is 3. The van der Waals surface area contributed by atoms with Crippen molar-refractivity contribution in [3.8, 4) is 11.8 Å². The van der Waals surface area contributed by atoms with Crippen molar-refractivity contribution < 1.29 is 71.7 Å². The van der Waals surface area contributed by atoms with Gasteiger partial charge in [0.05, 0.1) is 128 Å². The highest BCUT2D eigenvalue weighted by Crippen LogP contribution is 2.60. The number of carbonyl (C=O) groups is 5. The zero-order valence-corrected chi connectivity index (χ0v) is 48.7. The maximum atomic E-state index is 13.6. The summed E-state index contributed by atoms with van der Waals surface area (Å²) in [7, 11) is 3.86. The summed E-state index contributed by atoms with van der Waals surface area (Å²) >= 11 is 5.94. The van der Waals surface area contributed by atoms with Crippen LogP contribution in [0.3, 0.4) is 0 Å². The number of aromatic nitrogens is 2. The minimum absolute atomic E-state index is 0.00188. The second-order valence-corrected chi connectivity index (χ2v) is 24.7. The first-order valence-corrected chi connectivity index (χ1v) is 29.3. The normalized spacial score (nSPS) is 29.7. The van der Waals surface area contributed by atoms with E-state index >= 15 is 0 Å². The molecule has 21 heteroatoms. The Kier molecular flexibility index (Phi) is 17.7. The number of benzene rings is 4.